The van der Waals surface area contributed by atoms with Crippen LogP contribution in [0.3, 0.4) is 0 Å². The lowest BCUT2D eigenvalue weighted by molar-refractivity contribution is 0.132. The van der Waals surface area contributed by atoms with Crippen molar-refractivity contribution in [1.82, 2.24) is 4.31 Å². The van der Waals surface area contributed by atoms with Crippen LogP contribution in [-0.2, 0) is 27.3 Å². The van der Waals surface area contributed by atoms with Crippen LogP contribution in [0.1, 0.15) is 37.0 Å². The van der Waals surface area contributed by atoms with E-state index < -0.39 is 12.7 Å². The van der Waals surface area contributed by atoms with E-state index in [2.05, 4.69) is 0 Å². The number of amides is 1. The Labute approximate surface area is 204 Å². The third kappa shape index (κ3) is 5.33. The second-order valence-electron chi connectivity index (χ2n) is 8.76. The number of aryl methyl sites for hydroxylation is 2. The number of nitrogens with zero attached hydrogens (tertiary/aromatic N) is 2. The largest absolute Gasteiger partial charge is 0.483 e. The molecule has 0 aliphatic carbocycles. The normalized spacial score (nSPS) is 18.2. The third-order valence-corrected chi connectivity index (χ3v) is 10.2. The standard InChI is InChI=1S/C23H29N2O5PS2/c1-16-10-11-19(14-17(16)2)25(31(32)27-12-7-13-28-31)33-24(5)22(26)29-20-9-6-8-18-15-23(3,4)30-21(18)20/h6,8-11,14H,7,12-13,15H2,1-5H3. The molecule has 178 valence electrons. The van der Waals surface area contributed by atoms with E-state index in [1.165, 1.54) is 9.87 Å². The maximum absolute atomic E-state index is 13.0. The number of carbonyl (C=O) groups is 1. The second-order valence-corrected chi connectivity index (χ2v) is 13.3. The fourth-order valence-electron chi connectivity index (χ4n) is 3.61. The predicted octanol–water partition coefficient (Wildman–Crippen LogP) is 6.18. The molecule has 0 radical (unpaired) electrons. The van der Waals surface area contributed by atoms with Gasteiger partial charge in [-0.15, -0.1) is 0 Å². The molecular formula is C23H29N2O5PS2. The lowest BCUT2D eigenvalue weighted by Crippen LogP contribution is -2.30. The molecule has 1 fully saturated rings. The minimum absolute atomic E-state index is 0.333. The summed E-state index contributed by atoms with van der Waals surface area (Å²) in [7, 11) is 1.64. The summed E-state index contributed by atoms with van der Waals surface area (Å²) >= 11 is 6.96. The van der Waals surface area contributed by atoms with Gasteiger partial charge in [-0.3, -0.25) is 0 Å². The van der Waals surface area contributed by atoms with Crippen LogP contribution < -0.4 is 13.5 Å². The molecule has 1 amide bonds. The van der Waals surface area contributed by atoms with Gasteiger partial charge in [0.15, 0.2) is 11.5 Å². The zero-order chi connectivity index (χ0) is 23.8. The van der Waals surface area contributed by atoms with E-state index >= 15 is 0 Å². The number of fused-ring (bicyclic) bond motifs is 1. The maximum atomic E-state index is 13.0. The van der Waals surface area contributed by atoms with E-state index in [0.717, 1.165) is 41.8 Å². The molecule has 7 nitrogen and oxygen atoms in total. The zero-order valence-corrected chi connectivity index (χ0v) is 22.0. The number of ether oxygens (including phenoxy) is 2. The Balaban J connectivity index is 1.56. The first-order valence-corrected chi connectivity index (χ1v) is 14.1. The molecule has 0 N–H and O–H groups in total. The summed E-state index contributed by atoms with van der Waals surface area (Å²) < 4.78 is 26.8. The SMILES string of the molecule is Cc1ccc(N(SN(C)C(=O)Oc2cccc3c2OC(C)(C)C3)P2(=S)OCCCO2)cc1C. The number of carbonyl (C=O) groups excluding carboxylic acids is 1. The van der Waals surface area contributed by atoms with Crippen LogP contribution >= 0.6 is 18.8 Å². The van der Waals surface area contributed by atoms with E-state index in [1.807, 2.05) is 58.0 Å². The van der Waals surface area contributed by atoms with Crippen molar-refractivity contribution in [3.05, 3.63) is 53.1 Å². The molecule has 10 heteroatoms. The molecule has 2 heterocycles. The fourth-order valence-corrected chi connectivity index (χ4v) is 7.54. The second kappa shape index (κ2) is 9.47. The van der Waals surface area contributed by atoms with Crippen LogP contribution in [0, 0.1) is 13.8 Å². The van der Waals surface area contributed by atoms with Gasteiger partial charge in [-0.2, -0.15) is 0 Å². The van der Waals surface area contributed by atoms with Crippen molar-refractivity contribution in [3.8, 4) is 11.5 Å². The summed E-state index contributed by atoms with van der Waals surface area (Å²) in [4.78, 5) is 13.0. The Morgan fingerprint density at radius 2 is 1.88 bits per heavy atom. The fraction of sp³-hybridized carbons (Fsp3) is 0.435. The van der Waals surface area contributed by atoms with Gasteiger partial charge in [-0.1, -0.05) is 18.2 Å². The molecule has 2 aliphatic heterocycles. The summed E-state index contributed by atoms with van der Waals surface area (Å²) in [5.74, 6) is 1.02. The van der Waals surface area contributed by atoms with Crippen LogP contribution in [-0.4, -0.2) is 36.3 Å². The molecule has 2 aromatic rings. The smallest absolute Gasteiger partial charge is 0.426 e. The predicted molar refractivity (Wildman–Crippen MR) is 135 cm³/mol. The zero-order valence-electron chi connectivity index (χ0n) is 19.5. The third-order valence-electron chi connectivity index (χ3n) is 5.44. The van der Waals surface area contributed by atoms with Crippen LogP contribution in [0.25, 0.3) is 0 Å². The first kappa shape index (κ1) is 24.4. The first-order valence-electron chi connectivity index (χ1n) is 10.8. The van der Waals surface area contributed by atoms with Crippen molar-refractivity contribution >= 4 is 42.4 Å². The molecular weight excluding hydrogens is 479 g/mol. The number of hydrogen-bond acceptors (Lipinski definition) is 7. The van der Waals surface area contributed by atoms with E-state index in [4.69, 9.17) is 30.3 Å². The lowest BCUT2D eigenvalue weighted by atomic mass is 10.0. The number of hydrogen-bond donors (Lipinski definition) is 0. The van der Waals surface area contributed by atoms with Gasteiger partial charge in [0.2, 0.25) is 0 Å². The highest BCUT2D eigenvalue weighted by Gasteiger charge is 2.36. The van der Waals surface area contributed by atoms with Gasteiger partial charge in [0.25, 0.3) is 0 Å². The molecule has 0 spiro atoms. The minimum Gasteiger partial charge on any atom is -0.483 e. The Kier molecular flexibility index (Phi) is 6.99. The highest BCUT2D eigenvalue weighted by atomic mass is 32.5. The first-order chi connectivity index (χ1) is 15.6. The van der Waals surface area contributed by atoms with Gasteiger partial charge in [-0.05, 0) is 75.2 Å². The van der Waals surface area contributed by atoms with Crippen molar-refractivity contribution in [2.24, 2.45) is 0 Å². The van der Waals surface area contributed by atoms with E-state index in [1.54, 1.807) is 17.2 Å². The van der Waals surface area contributed by atoms with Crippen molar-refractivity contribution < 1.29 is 23.3 Å². The summed E-state index contributed by atoms with van der Waals surface area (Å²) in [6, 6.07) is 11.6. The van der Waals surface area contributed by atoms with Crippen LogP contribution in [0.15, 0.2) is 36.4 Å². The average Bonchev–Trinajstić information content (AvgIpc) is 3.09. The van der Waals surface area contributed by atoms with Crippen LogP contribution in [0.4, 0.5) is 10.5 Å². The highest BCUT2D eigenvalue weighted by molar-refractivity contribution is 8.19. The van der Waals surface area contributed by atoms with Gasteiger partial charge in [-0.25, -0.2) is 13.2 Å². The van der Waals surface area contributed by atoms with Gasteiger partial charge in [0, 0.05) is 19.0 Å². The van der Waals surface area contributed by atoms with E-state index in [0.29, 0.717) is 24.7 Å². The number of para-hydroxylation sites is 1. The van der Waals surface area contributed by atoms with Crippen molar-refractivity contribution in [3.63, 3.8) is 0 Å². The Morgan fingerprint density at radius 1 is 1.15 bits per heavy atom. The molecule has 4 rings (SSSR count). The van der Waals surface area contributed by atoms with Crippen molar-refractivity contribution in [1.29, 1.82) is 0 Å². The van der Waals surface area contributed by atoms with Gasteiger partial charge in [0.05, 0.1) is 31.0 Å². The van der Waals surface area contributed by atoms with E-state index in [-0.39, 0.29) is 5.60 Å². The monoisotopic (exact) mass is 508 g/mol. The quantitative estimate of drug-likeness (QED) is 0.351. The van der Waals surface area contributed by atoms with Crippen LogP contribution in [0.5, 0.6) is 11.5 Å². The molecule has 2 aliphatic rings. The van der Waals surface area contributed by atoms with Gasteiger partial charge in [0.1, 0.15) is 5.60 Å². The molecule has 0 saturated carbocycles. The van der Waals surface area contributed by atoms with Gasteiger partial charge < -0.3 is 18.5 Å². The Morgan fingerprint density at radius 3 is 2.58 bits per heavy atom. The van der Waals surface area contributed by atoms with Crippen LogP contribution in [0.2, 0.25) is 0 Å². The minimum atomic E-state index is -2.83. The summed E-state index contributed by atoms with van der Waals surface area (Å²) in [5, 5.41) is 0. The summed E-state index contributed by atoms with van der Waals surface area (Å²) in [5.41, 5.74) is 3.79. The van der Waals surface area contributed by atoms with Gasteiger partial charge >= 0.3 is 12.7 Å². The van der Waals surface area contributed by atoms with Crippen molar-refractivity contribution in [2.45, 2.75) is 46.1 Å². The molecule has 0 aromatic heterocycles. The highest BCUT2D eigenvalue weighted by Crippen LogP contribution is 2.60. The molecule has 0 unspecified atom stereocenters. The molecule has 2 aromatic carbocycles. The number of anilines is 1. The maximum Gasteiger partial charge on any atom is 0.426 e. The number of benzene rings is 2. The Bertz CT molecular complexity index is 1100. The summed E-state index contributed by atoms with van der Waals surface area (Å²) in [6.07, 6.45) is 1.00. The lowest BCUT2D eigenvalue weighted by Gasteiger charge is -2.37. The molecule has 33 heavy (non-hydrogen) atoms. The Hall–Kier alpha value is -1.77. The topological polar surface area (TPSA) is 60.5 Å². The summed E-state index contributed by atoms with van der Waals surface area (Å²) in [6.45, 7) is 6.33. The van der Waals surface area contributed by atoms with Crippen molar-refractivity contribution in [2.75, 3.05) is 24.3 Å². The number of rotatable bonds is 5. The van der Waals surface area contributed by atoms with E-state index in [9.17, 15) is 4.79 Å². The molecule has 0 atom stereocenters. The molecule has 0 bridgehead atoms. The molecule has 1 saturated heterocycles. The average molecular weight is 509 g/mol.